The van der Waals surface area contributed by atoms with Crippen molar-refractivity contribution < 1.29 is 13.9 Å². The SMILES string of the molecule is COc1cccc(C(=O)Nc2nnc(-c3ccc(Br)s3)o2)c1. The number of amides is 1. The minimum atomic E-state index is -0.346. The normalized spacial score (nSPS) is 10.5. The maximum Gasteiger partial charge on any atom is 0.322 e. The molecule has 0 saturated carbocycles. The molecule has 1 N–H and O–H groups in total. The van der Waals surface area contributed by atoms with Gasteiger partial charge in [-0.2, -0.15) is 0 Å². The molecule has 6 nitrogen and oxygen atoms in total. The second-order valence-corrected chi connectivity index (χ2v) is 6.67. The van der Waals surface area contributed by atoms with Gasteiger partial charge in [-0.15, -0.1) is 16.4 Å². The molecule has 0 aliphatic heterocycles. The van der Waals surface area contributed by atoms with E-state index < -0.39 is 0 Å². The highest BCUT2D eigenvalue weighted by Gasteiger charge is 2.14. The molecule has 0 spiro atoms. The number of hydrogen-bond acceptors (Lipinski definition) is 6. The summed E-state index contributed by atoms with van der Waals surface area (Å²) in [5.41, 5.74) is 0.443. The van der Waals surface area contributed by atoms with E-state index in [2.05, 4.69) is 31.4 Å². The number of methoxy groups -OCH3 is 1. The maximum absolute atomic E-state index is 12.1. The first-order valence-electron chi connectivity index (χ1n) is 6.20. The summed E-state index contributed by atoms with van der Waals surface area (Å²) in [5.74, 6) is 0.611. The minimum Gasteiger partial charge on any atom is -0.497 e. The van der Waals surface area contributed by atoms with Crippen LogP contribution in [-0.2, 0) is 0 Å². The Balaban J connectivity index is 1.75. The van der Waals surface area contributed by atoms with Crippen LogP contribution < -0.4 is 10.1 Å². The van der Waals surface area contributed by atoms with E-state index in [9.17, 15) is 4.79 Å². The van der Waals surface area contributed by atoms with Gasteiger partial charge in [0.1, 0.15) is 5.75 Å². The molecule has 22 heavy (non-hydrogen) atoms. The van der Waals surface area contributed by atoms with Gasteiger partial charge in [0.15, 0.2) is 0 Å². The number of halogens is 1. The molecule has 3 rings (SSSR count). The van der Waals surface area contributed by atoms with Gasteiger partial charge in [0, 0.05) is 5.56 Å². The summed E-state index contributed by atoms with van der Waals surface area (Å²) in [6, 6.07) is 10.6. The molecule has 8 heteroatoms. The third kappa shape index (κ3) is 3.18. The first kappa shape index (κ1) is 14.7. The lowest BCUT2D eigenvalue weighted by Gasteiger charge is -2.03. The summed E-state index contributed by atoms with van der Waals surface area (Å²) in [4.78, 5) is 13.0. The van der Waals surface area contributed by atoms with Crippen LogP contribution in [0.5, 0.6) is 5.75 Å². The van der Waals surface area contributed by atoms with E-state index >= 15 is 0 Å². The van der Waals surface area contributed by atoms with Gasteiger partial charge in [0.2, 0.25) is 0 Å². The van der Waals surface area contributed by atoms with Crippen molar-refractivity contribution in [3.05, 3.63) is 45.7 Å². The van der Waals surface area contributed by atoms with Gasteiger partial charge < -0.3 is 9.15 Å². The van der Waals surface area contributed by atoms with Crippen molar-refractivity contribution in [2.45, 2.75) is 0 Å². The van der Waals surface area contributed by atoms with Crippen LogP contribution in [0.15, 0.2) is 44.6 Å². The quantitative estimate of drug-likeness (QED) is 0.745. The monoisotopic (exact) mass is 379 g/mol. The number of thiophene rings is 1. The molecule has 2 aromatic heterocycles. The molecule has 0 saturated heterocycles. The van der Waals surface area contributed by atoms with Crippen LogP contribution >= 0.6 is 27.3 Å². The number of hydrogen-bond donors (Lipinski definition) is 1. The molecule has 1 amide bonds. The minimum absolute atomic E-state index is 0.0485. The van der Waals surface area contributed by atoms with E-state index in [1.807, 2.05) is 12.1 Å². The molecule has 1 aromatic carbocycles. The summed E-state index contributed by atoms with van der Waals surface area (Å²) in [5, 5.41) is 10.3. The van der Waals surface area contributed by atoms with Crippen LogP contribution in [0.2, 0.25) is 0 Å². The standard InChI is InChI=1S/C14H10BrN3O3S/c1-20-9-4-2-3-8(7-9)12(19)16-14-18-17-13(21-14)10-5-6-11(15)22-10/h2-7H,1H3,(H,16,18,19). The average Bonchev–Trinajstić information content (AvgIpc) is 3.16. The van der Waals surface area contributed by atoms with Crippen molar-refractivity contribution in [3.8, 4) is 16.5 Å². The highest BCUT2D eigenvalue weighted by molar-refractivity contribution is 9.11. The molecule has 0 unspecified atom stereocenters. The van der Waals surface area contributed by atoms with Gasteiger partial charge in [-0.3, -0.25) is 10.1 Å². The molecule has 0 radical (unpaired) electrons. The zero-order chi connectivity index (χ0) is 15.5. The Kier molecular flexibility index (Phi) is 4.21. The number of ether oxygens (including phenoxy) is 1. The molecule has 0 bridgehead atoms. The second-order valence-electron chi connectivity index (χ2n) is 4.20. The van der Waals surface area contributed by atoms with Gasteiger partial charge in [0.25, 0.3) is 11.8 Å². The molecule has 0 aliphatic carbocycles. The summed E-state index contributed by atoms with van der Waals surface area (Å²) in [7, 11) is 1.54. The van der Waals surface area contributed by atoms with E-state index in [1.54, 1.807) is 31.4 Å². The molecule has 112 valence electrons. The van der Waals surface area contributed by atoms with Crippen LogP contribution in [0, 0.1) is 0 Å². The summed E-state index contributed by atoms with van der Waals surface area (Å²) >= 11 is 4.83. The average molecular weight is 380 g/mol. The summed E-state index contributed by atoms with van der Waals surface area (Å²) in [6.07, 6.45) is 0. The Bertz CT molecular complexity index is 815. The van der Waals surface area contributed by atoms with E-state index in [4.69, 9.17) is 9.15 Å². The van der Waals surface area contributed by atoms with E-state index in [0.29, 0.717) is 17.2 Å². The Morgan fingerprint density at radius 1 is 1.32 bits per heavy atom. The predicted molar refractivity (Wildman–Crippen MR) is 86.3 cm³/mol. The second kappa shape index (κ2) is 6.29. The molecule has 0 fully saturated rings. The fourth-order valence-electron chi connectivity index (χ4n) is 1.74. The van der Waals surface area contributed by atoms with Crippen molar-refractivity contribution in [2.24, 2.45) is 0 Å². The number of aromatic nitrogens is 2. The van der Waals surface area contributed by atoms with Gasteiger partial charge in [-0.1, -0.05) is 11.2 Å². The van der Waals surface area contributed by atoms with Crippen LogP contribution in [0.25, 0.3) is 10.8 Å². The number of benzene rings is 1. The molecule has 2 heterocycles. The topological polar surface area (TPSA) is 77.2 Å². The van der Waals surface area contributed by atoms with Crippen molar-refractivity contribution in [1.82, 2.24) is 10.2 Å². The number of anilines is 1. The number of rotatable bonds is 4. The zero-order valence-electron chi connectivity index (χ0n) is 11.4. The van der Waals surface area contributed by atoms with E-state index in [0.717, 1.165) is 8.66 Å². The first-order chi connectivity index (χ1) is 10.7. The number of carbonyl (C=O) groups excluding carboxylic acids is 1. The lowest BCUT2D eigenvalue weighted by atomic mass is 10.2. The Hall–Kier alpha value is -2.19. The van der Waals surface area contributed by atoms with Gasteiger partial charge in [0.05, 0.1) is 15.8 Å². The number of carbonyl (C=O) groups is 1. The predicted octanol–water partition coefficient (Wildman–Crippen LogP) is 3.82. The molecular formula is C14H10BrN3O3S. The fraction of sp³-hybridized carbons (Fsp3) is 0.0714. The number of nitrogens with zero attached hydrogens (tertiary/aromatic N) is 2. The van der Waals surface area contributed by atoms with E-state index in [-0.39, 0.29) is 11.9 Å². The third-order valence-electron chi connectivity index (χ3n) is 2.76. The van der Waals surface area contributed by atoms with Gasteiger partial charge in [-0.05, 0) is 46.3 Å². The van der Waals surface area contributed by atoms with Crippen molar-refractivity contribution >= 4 is 39.2 Å². The van der Waals surface area contributed by atoms with E-state index in [1.165, 1.54) is 11.3 Å². The largest absolute Gasteiger partial charge is 0.497 e. The molecule has 0 atom stereocenters. The summed E-state index contributed by atoms with van der Waals surface area (Å²) in [6.45, 7) is 0. The molecule has 0 aliphatic rings. The van der Waals surface area contributed by atoms with Crippen molar-refractivity contribution in [1.29, 1.82) is 0 Å². The summed E-state index contributed by atoms with van der Waals surface area (Å²) < 4.78 is 11.5. The Morgan fingerprint density at radius 2 is 2.18 bits per heavy atom. The van der Waals surface area contributed by atoms with Crippen molar-refractivity contribution in [2.75, 3.05) is 12.4 Å². The highest BCUT2D eigenvalue weighted by Crippen LogP contribution is 2.31. The lowest BCUT2D eigenvalue weighted by molar-refractivity contribution is 0.102. The number of nitrogens with one attached hydrogen (secondary N) is 1. The Morgan fingerprint density at radius 3 is 2.91 bits per heavy atom. The van der Waals surface area contributed by atoms with Gasteiger partial charge >= 0.3 is 6.01 Å². The smallest absolute Gasteiger partial charge is 0.322 e. The molecular weight excluding hydrogens is 370 g/mol. The van der Waals surface area contributed by atoms with Crippen LogP contribution in [0.3, 0.4) is 0 Å². The van der Waals surface area contributed by atoms with Crippen LogP contribution in [0.1, 0.15) is 10.4 Å². The van der Waals surface area contributed by atoms with Crippen LogP contribution in [0.4, 0.5) is 6.01 Å². The third-order valence-corrected chi connectivity index (χ3v) is 4.37. The lowest BCUT2D eigenvalue weighted by Crippen LogP contribution is -2.12. The van der Waals surface area contributed by atoms with Crippen molar-refractivity contribution in [3.63, 3.8) is 0 Å². The first-order valence-corrected chi connectivity index (χ1v) is 7.81. The van der Waals surface area contributed by atoms with Crippen LogP contribution in [-0.4, -0.2) is 23.2 Å². The maximum atomic E-state index is 12.1. The zero-order valence-corrected chi connectivity index (χ0v) is 13.8. The molecule has 3 aromatic rings. The van der Waals surface area contributed by atoms with Gasteiger partial charge in [-0.25, -0.2) is 0 Å². The Labute approximate surface area is 138 Å². The highest BCUT2D eigenvalue weighted by atomic mass is 79.9. The fourth-order valence-corrected chi connectivity index (χ4v) is 3.04.